The number of allylic oxidation sites excluding steroid dienone is 1. The highest BCUT2D eigenvalue weighted by molar-refractivity contribution is 4.87. The molecule has 0 aliphatic carbocycles. The van der Waals surface area contributed by atoms with Crippen molar-refractivity contribution in [3.8, 4) is 0 Å². The summed E-state index contributed by atoms with van der Waals surface area (Å²) in [5.74, 6) is 0. The van der Waals surface area contributed by atoms with Gasteiger partial charge in [0.25, 0.3) is 0 Å². The van der Waals surface area contributed by atoms with E-state index in [4.69, 9.17) is 0 Å². The van der Waals surface area contributed by atoms with Gasteiger partial charge < -0.3 is 10.3 Å². The predicted octanol–water partition coefficient (Wildman–Crippen LogP) is 0.416. The van der Waals surface area contributed by atoms with Crippen molar-refractivity contribution >= 4 is 0 Å². The molecule has 0 aromatic rings. The second kappa shape index (κ2) is 3.92. The van der Waals surface area contributed by atoms with Crippen molar-refractivity contribution < 1.29 is 0 Å². The number of piperazine rings is 1. The molecule has 2 aliphatic rings. The first-order valence-corrected chi connectivity index (χ1v) is 4.86. The molecule has 1 saturated heterocycles. The molecule has 2 heterocycles. The number of nitrogens with one attached hydrogen (secondary N) is 1. The quantitative estimate of drug-likeness (QED) is 0.610. The summed E-state index contributed by atoms with van der Waals surface area (Å²) in [4.78, 5) is 0. The van der Waals surface area contributed by atoms with Crippen LogP contribution in [0.4, 0.5) is 0 Å². The largest absolute Gasteiger partial charge is 0.314 e. The Balaban J connectivity index is 1.88. The smallest absolute Gasteiger partial charge is 0.0343 e. The van der Waals surface area contributed by atoms with Gasteiger partial charge in [0, 0.05) is 38.9 Å². The summed E-state index contributed by atoms with van der Waals surface area (Å²) in [5, 5.41) is 8.16. The molecule has 3 nitrogen and oxygen atoms in total. The lowest BCUT2D eigenvalue weighted by Gasteiger charge is -2.38. The van der Waals surface area contributed by atoms with Gasteiger partial charge in [-0.05, 0) is 12.8 Å². The molecule has 68 valence electrons. The molecule has 3 heteroatoms. The molecule has 0 aromatic heterocycles. The molecule has 0 radical (unpaired) electrons. The van der Waals surface area contributed by atoms with Gasteiger partial charge in [-0.3, -0.25) is 0 Å². The van der Waals surface area contributed by atoms with Gasteiger partial charge >= 0.3 is 0 Å². The van der Waals surface area contributed by atoms with Crippen LogP contribution in [0.3, 0.4) is 0 Å². The van der Waals surface area contributed by atoms with Crippen LogP contribution in [0, 0.1) is 0 Å². The Morgan fingerprint density at radius 2 is 1.92 bits per heavy atom. The normalized spacial score (nSPS) is 26.2. The summed E-state index contributed by atoms with van der Waals surface area (Å²) in [6.07, 6.45) is 7.06. The summed E-state index contributed by atoms with van der Waals surface area (Å²) in [6, 6.07) is 0. The maximum absolute atomic E-state index is 3.36. The van der Waals surface area contributed by atoms with E-state index in [1.54, 1.807) is 0 Å². The van der Waals surface area contributed by atoms with E-state index < -0.39 is 0 Å². The highest BCUT2D eigenvalue weighted by Crippen LogP contribution is 2.09. The van der Waals surface area contributed by atoms with E-state index in [0.717, 1.165) is 26.2 Å². The summed E-state index contributed by atoms with van der Waals surface area (Å²) in [7, 11) is 0. The van der Waals surface area contributed by atoms with E-state index in [1.165, 1.54) is 19.4 Å². The third-order valence-electron chi connectivity index (χ3n) is 2.49. The third kappa shape index (κ3) is 1.79. The van der Waals surface area contributed by atoms with Crippen LogP contribution in [-0.4, -0.2) is 42.7 Å². The van der Waals surface area contributed by atoms with Gasteiger partial charge in [0.2, 0.25) is 0 Å². The highest BCUT2D eigenvalue weighted by Gasteiger charge is 2.15. The van der Waals surface area contributed by atoms with Gasteiger partial charge in [0.05, 0.1) is 0 Å². The Kier molecular flexibility index (Phi) is 2.64. The minimum atomic E-state index is 1.13. The molecular weight excluding hydrogens is 150 g/mol. The number of nitrogens with zero attached hydrogens (tertiary/aromatic N) is 2. The van der Waals surface area contributed by atoms with E-state index in [2.05, 4.69) is 27.6 Å². The number of hydrazine groups is 1. The lowest BCUT2D eigenvalue weighted by molar-refractivity contribution is 0.00589. The second-order valence-electron chi connectivity index (χ2n) is 3.39. The van der Waals surface area contributed by atoms with Crippen molar-refractivity contribution in [1.29, 1.82) is 0 Å². The summed E-state index contributed by atoms with van der Waals surface area (Å²) in [5.41, 5.74) is 0. The molecule has 2 aliphatic heterocycles. The molecule has 0 atom stereocenters. The lowest BCUT2D eigenvalue weighted by atomic mass is 10.2. The van der Waals surface area contributed by atoms with Crippen LogP contribution in [0.1, 0.15) is 12.8 Å². The first kappa shape index (κ1) is 8.08. The monoisotopic (exact) mass is 167 g/mol. The van der Waals surface area contributed by atoms with E-state index in [0.29, 0.717) is 0 Å². The van der Waals surface area contributed by atoms with Gasteiger partial charge in [0.1, 0.15) is 0 Å². The molecule has 0 saturated carbocycles. The Morgan fingerprint density at radius 1 is 1.08 bits per heavy atom. The fourth-order valence-corrected chi connectivity index (χ4v) is 1.79. The van der Waals surface area contributed by atoms with Gasteiger partial charge in [-0.15, -0.1) is 0 Å². The maximum atomic E-state index is 3.36. The first-order valence-electron chi connectivity index (χ1n) is 4.86. The predicted molar refractivity (Wildman–Crippen MR) is 49.5 cm³/mol. The molecule has 2 rings (SSSR count). The number of rotatable bonds is 1. The summed E-state index contributed by atoms with van der Waals surface area (Å²) < 4.78 is 0. The molecule has 12 heavy (non-hydrogen) atoms. The van der Waals surface area contributed by atoms with Crippen LogP contribution >= 0.6 is 0 Å². The molecular formula is C9H17N3. The fraction of sp³-hybridized carbons (Fsp3) is 0.778. The minimum absolute atomic E-state index is 1.13. The Labute approximate surface area is 74.0 Å². The Hall–Kier alpha value is -0.540. The average Bonchev–Trinajstić information content (AvgIpc) is 2.21. The number of hydrogen-bond donors (Lipinski definition) is 1. The standard InChI is InChI=1S/C9H17N3/c1-2-6-11(7-3-1)12-8-4-10-5-9-12/h2,6,10H,1,3-5,7-9H2. The van der Waals surface area contributed by atoms with Gasteiger partial charge in [-0.1, -0.05) is 6.08 Å². The zero-order valence-electron chi connectivity index (χ0n) is 7.50. The van der Waals surface area contributed by atoms with Crippen molar-refractivity contribution in [2.45, 2.75) is 12.8 Å². The summed E-state index contributed by atoms with van der Waals surface area (Å²) >= 11 is 0. The average molecular weight is 167 g/mol. The van der Waals surface area contributed by atoms with Crippen LogP contribution in [-0.2, 0) is 0 Å². The van der Waals surface area contributed by atoms with E-state index in [1.807, 2.05) is 0 Å². The van der Waals surface area contributed by atoms with Crippen LogP contribution in [0.15, 0.2) is 12.3 Å². The molecule has 0 unspecified atom stereocenters. The van der Waals surface area contributed by atoms with Crippen LogP contribution < -0.4 is 5.32 Å². The first-order chi connectivity index (χ1) is 5.97. The minimum Gasteiger partial charge on any atom is -0.314 e. The summed E-state index contributed by atoms with van der Waals surface area (Å²) in [6.45, 7) is 5.78. The molecule has 0 spiro atoms. The maximum Gasteiger partial charge on any atom is 0.0343 e. The molecule has 0 bridgehead atoms. The van der Waals surface area contributed by atoms with Crippen LogP contribution in [0.25, 0.3) is 0 Å². The molecule has 1 fully saturated rings. The van der Waals surface area contributed by atoms with E-state index >= 15 is 0 Å². The highest BCUT2D eigenvalue weighted by atomic mass is 15.6. The van der Waals surface area contributed by atoms with Crippen molar-refractivity contribution in [3.63, 3.8) is 0 Å². The van der Waals surface area contributed by atoms with Gasteiger partial charge in [-0.25, -0.2) is 5.01 Å². The van der Waals surface area contributed by atoms with Crippen molar-refractivity contribution in [2.75, 3.05) is 32.7 Å². The number of hydrogen-bond acceptors (Lipinski definition) is 3. The van der Waals surface area contributed by atoms with Gasteiger partial charge in [0.15, 0.2) is 0 Å². The Bertz CT molecular complexity index is 161. The fourth-order valence-electron chi connectivity index (χ4n) is 1.79. The topological polar surface area (TPSA) is 18.5 Å². The SMILES string of the molecule is C1=CN(N2CCNCC2)CCC1. The van der Waals surface area contributed by atoms with E-state index in [-0.39, 0.29) is 0 Å². The van der Waals surface area contributed by atoms with Gasteiger partial charge in [-0.2, -0.15) is 0 Å². The zero-order chi connectivity index (χ0) is 8.23. The van der Waals surface area contributed by atoms with Crippen molar-refractivity contribution in [1.82, 2.24) is 15.3 Å². The third-order valence-corrected chi connectivity index (χ3v) is 2.49. The lowest BCUT2D eigenvalue weighted by Crippen LogP contribution is -2.51. The van der Waals surface area contributed by atoms with Crippen LogP contribution in [0.2, 0.25) is 0 Å². The molecule has 0 aromatic carbocycles. The second-order valence-corrected chi connectivity index (χ2v) is 3.39. The van der Waals surface area contributed by atoms with Crippen molar-refractivity contribution in [3.05, 3.63) is 12.3 Å². The zero-order valence-corrected chi connectivity index (χ0v) is 7.50. The van der Waals surface area contributed by atoms with Crippen LogP contribution in [0.5, 0.6) is 0 Å². The Morgan fingerprint density at radius 3 is 2.58 bits per heavy atom. The van der Waals surface area contributed by atoms with Crippen molar-refractivity contribution in [2.24, 2.45) is 0 Å². The molecule has 0 amide bonds. The molecule has 1 N–H and O–H groups in total. The van der Waals surface area contributed by atoms with E-state index in [9.17, 15) is 0 Å².